The lowest BCUT2D eigenvalue weighted by molar-refractivity contribution is 0.115. The van der Waals surface area contributed by atoms with Crippen LogP contribution in [0.5, 0.6) is 0 Å². The summed E-state index contributed by atoms with van der Waals surface area (Å²) in [6, 6.07) is 5.22. The van der Waals surface area contributed by atoms with E-state index in [9.17, 15) is 9.50 Å². The summed E-state index contributed by atoms with van der Waals surface area (Å²) in [6.45, 7) is 3.05. The van der Waals surface area contributed by atoms with Gasteiger partial charge < -0.3 is 10.8 Å². The van der Waals surface area contributed by atoms with Crippen molar-refractivity contribution >= 4 is 0 Å². The van der Waals surface area contributed by atoms with E-state index in [2.05, 4.69) is 4.90 Å². The molecule has 3 nitrogen and oxygen atoms in total. The number of rotatable bonds is 4. The van der Waals surface area contributed by atoms with Gasteiger partial charge in [0.2, 0.25) is 0 Å². The van der Waals surface area contributed by atoms with Crippen molar-refractivity contribution in [3.8, 4) is 0 Å². The molecule has 1 atom stereocenters. The predicted molar refractivity (Wildman–Crippen MR) is 69.4 cm³/mol. The lowest BCUT2D eigenvalue weighted by Gasteiger charge is -2.31. The van der Waals surface area contributed by atoms with Gasteiger partial charge in [0.1, 0.15) is 5.82 Å². The molecule has 0 spiro atoms. The van der Waals surface area contributed by atoms with Crippen molar-refractivity contribution in [1.82, 2.24) is 4.90 Å². The van der Waals surface area contributed by atoms with Gasteiger partial charge in [-0.05, 0) is 36.9 Å². The summed E-state index contributed by atoms with van der Waals surface area (Å²) < 4.78 is 13.8. The third-order valence-electron chi connectivity index (χ3n) is 3.61. The number of nitrogens with zero attached hydrogens (tertiary/aromatic N) is 1. The monoisotopic (exact) mass is 252 g/mol. The summed E-state index contributed by atoms with van der Waals surface area (Å²) in [4.78, 5) is 2.21. The number of hydrogen-bond acceptors (Lipinski definition) is 3. The molecule has 1 aromatic carbocycles. The predicted octanol–water partition coefficient (Wildman–Crippen LogP) is 1.49. The van der Waals surface area contributed by atoms with Crippen LogP contribution in [0.15, 0.2) is 18.2 Å². The molecule has 18 heavy (non-hydrogen) atoms. The van der Waals surface area contributed by atoms with Gasteiger partial charge >= 0.3 is 0 Å². The third kappa shape index (κ3) is 3.28. The van der Waals surface area contributed by atoms with E-state index < -0.39 is 0 Å². The number of benzene rings is 1. The highest BCUT2D eigenvalue weighted by molar-refractivity contribution is 5.24. The highest BCUT2D eigenvalue weighted by Gasteiger charge is 2.20. The van der Waals surface area contributed by atoms with Crippen LogP contribution in [0.3, 0.4) is 0 Å². The minimum absolute atomic E-state index is 0.177. The first-order valence-electron chi connectivity index (χ1n) is 6.53. The number of piperidine rings is 1. The van der Waals surface area contributed by atoms with Crippen LogP contribution in [0.4, 0.5) is 4.39 Å². The minimum atomic E-state index is -0.177. The fourth-order valence-corrected chi connectivity index (χ4v) is 2.53. The first-order valence-corrected chi connectivity index (χ1v) is 6.53. The van der Waals surface area contributed by atoms with Crippen LogP contribution < -0.4 is 5.73 Å². The number of likely N-dealkylation sites (tertiary alicyclic amines) is 1. The average molecular weight is 252 g/mol. The Morgan fingerprint density at radius 2 is 2.28 bits per heavy atom. The van der Waals surface area contributed by atoms with E-state index >= 15 is 0 Å². The molecular formula is C14H21FN2O. The van der Waals surface area contributed by atoms with Crippen molar-refractivity contribution < 1.29 is 9.50 Å². The van der Waals surface area contributed by atoms with Crippen LogP contribution in [0.1, 0.15) is 24.0 Å². The standard InChI is InChI=1S/C14H21FN2O/c15-14-6-11(7-16)3-4-13(14)9-17-5-1-2-12(8-17)10-18/h3-4,6,12,18H,1-2,5,7-10,16H2. The van der Waals surface area contributed by atoms with Gasteiger partial charge in [-0.25, -0.2) is 4.39 Å². The van der Waals surface area contributed by atoms with Crippen LogP contribution in [0.25, 0.3) is 0 Å². The van der Waals surface area contributed by atoms with Gasteiger partial charge in [0.25, 0.3) is 0 Å². The van der Waals surface area contributed by atoms with E-state index in [0.29, 0.717) is 24.6 Å². The molecule has 100 valence electrons. The molecule has 1 saturated heterocycles. The van der Waals surface area contributed by atoms with E-state index in [4.69, 9.17) is 5.73 Å². The van der Waals surface area contributed by atoms with E-state index in [1.807, 2.05) is 12.1 Å². The van der Waals surface area contributed by atoms with Gasteiger partial charge in [-0.1, -0.05) is 12.1 Å². The highest BCUT2D eigenvalue weighted by Crippen LogP contribution is 2.19. The van der Waals surface area contributed by atoms with Crippen LogP contribution in [0, 0.1) is 11.7 Å². The molecule has 4 heteroatoms. The van der Waals surface area contributed by atoms with Crippen LogP contribution in [-0.2, 0) is 13.1 Å². The lowest BCUT2D eigenvalue weighted by Crippen LogP contribution is -2.36. The molecule has 1 aliphatic heterocycles. The maximum atomic E-state index is 13.8. The minimum Gasteiger partial charge on any atom is -0.396 e. The Morgan fingerprint density at radius 1 is 1.44 bits per heavy atom. The summed E-state index contributed by atoms with van der Waals surface area (Å²) in [7, 11) is 0. The number of nitrogens with two attached hydrogens (primary N) is 1. The topological polar surface area (TPSA) is 49.5 Å². The van der Waals surface area contributed by atoms with Crippen molar-refractivity contribution in [2.75, 3.05) is 19.7 Å². The average Bonchev–Trinajstić information content (AvgIpc) is 2.41. The Morgan fingerprint density at radius 3 is 2.94 bits per heavy atom. The van der Waals surface area contributed by atoms with Gasteiger partial charge in [-0.3, -0.25) is 4.90 Å². The van der Waals surface area contributed by atoms with Crippen molar-refractivity contribution in [1.29, 1.82) is 0 Å². The van der Waals surface area contributed by atoms with Crippen molar-refractivity contribution in [3.63, 3.8) is 0 Å². The first-order chi connectivity index (χ1) is 8.72. The zero-order chi connectivity index (χ0) is 13.0. The fraction of sp³-hybridized carbons (Fsp3) is 0.571. The molecule has 1 heterocycles. The zero-order valence-corrected chi connectivity index (χ0v) is 10.6. The Balaban J connectivity index is 2.00. The number of aliphatic hydroxyl groups excluding tert-OH is 1. The Bertz CT molecular complexity index is 397. The van der Waals surface area contributed by atoms with Gasteiger partial charge in [-0.2, -0.15) is 0 Å². The van der Waals surface area contributed by atoms with E-state index in [0.717, 1.165) is 31.5 Å². The molecule has 0 amide bonds. The Hall–Kier alpha value is -0.970. The molecular weight excluding hydrogens is 231 g/mol. The van der Waals surface area contributed by atoms with Gasteiger partial charge in [-0.15, -0.1) is 0 Å². The molecule has 1 unspecified atom stereocenters. The third-order valence-corrected chi connectivity index (χ3v) is 3.61. The van der Waals surface area contributed by atoms with Gasteiger partial charge in [0.05, 0.1) is 0 Å². The molecule has 1 aliphatic rings. The van der Waals surface area contributed by atoms with Gasteiger partial charge in [0, 0.05) is 31.8 Å². The van der Waals surface area contributed by atoms with E-state index in [1.54, 1.807) is 0 Å². The first kappa shape index (κ1) is 13.5. The second kappa shape index (κ2) is 6.27. The second-order valence-corrected chi connectivity index (χ2v) is 5.06. The smallest absolute Gasteiger partial charge is 0.128 e. The quantitative estimate of drug-likeness (QED) is 0.853. The Labute approximate surface area is 107 Å². The van der Waals surface area contributed by atoms with Crippen molar-refractivity contribution in [2.45, 2.75) is 25.9 Å². The molecule has 3 N–H and O–H groups in total. The highest BCUT2D eigenvalue weighted by atomic mass is 19.1. The second-order valence-electron chi connectivity index (χ2n) is 5.06. The SMILES string of the molecule is NCc1ccc(CN2CCCC(CO)C2)c(F)c1. The zero-order valence-electron chi connectivity index (χ0n) is 10.6. The van der Waals surface area contributed by atoms with Gasteiger partial charge in [0.15, 0.2) is 0 Å². The molecule has 1 fully saturated rings. The lowest BCUT2D eigenvalue weighted by atomic mass is 9.98. The molecule has 1 aromatic rings. The molecule has 0 saturated carbocycles. The summed E-state index contributed by atoms with van der Waals surface area (Å²) >= 11 is 0. The molecule has 2 rings (SSSR count). The number of hydrogen-bond donors (Lipinski definition) is 2. The summed E-state index contributed by atoms with van der Waals surface area (Å²) in [5.41, 5.74) is 7.02. The normalized spacial score (nSPS) is 21.2. The van der Waals surface area contributed by atoms with E-state index in [-0.39, 0.29) is 12.4 Å². The largest absolute Gasteiger partial charge is 0.396 e. The molecule has 0 aromatic heterocycles. The molecule has 0 radical (unpaired) electrons. The van der Waals surface area contributed by atoms with E-state index in [1.165, 1.54) is 6.07 Å². The summed E-state index contributed by atoms with van der Waals surface area (Å²) in [5.74, 6) is 0.161. The van der Waals surface area contributed by atoms with Crippen LogP contribution in [0.2, 0.25) is 0 Å². The van der Waals surface area contributed by atoms with Crippen molar-refractivity contribution in [2.24, 2.45) is 11.7 Å². The maximum Gasteiger partial charge on any atom is 0.128 e. The molecule has 0 bridgehead atoms. The Kier molecular flexibility index (Phi) is 4.69. The maximum absolute atomic E-state index is 13.8. The summed E-state index contributed by atoms with van der Waals surface area (Å²) in [6.07, 6.45) is 2.15. The number of aliphatic hydroxyl groups is 1. The summed E-state index contributed by atoms with van der Waals surface area (Å²) in [5, 5.41) is 9.18. The van der Waals surface area contributed by atoms with Crippen LogP contribution >= 0.6 is 0 Å². The van der Waals surface area contributed by atoms with Crippen molar-refractivity contribution in [3.05, 3.63) is 35.1 Å². The molecule has 0 aliphatic carbocycles. The van der Waals surface area contributed by atoms with Crippen LogP contribution in [-0.4, -0.2) is 29.7 Å². The fourth-order valence-electron chi connectivity index (χ4n) is 2.53. The number of halogens is 1.